The number of carbonyl (C=O) groups is 1. The SMILES string of the molecule is NCCN(C=O)c1ccc(Cl)cc1. The molecule has 0 bridgehead atoms. The Bertz CT molecular complexity index is 273. The number of carbonyl (C=O) groups excluding carboxylic acids is 1. The molecule has 0 unspecified atom stereocenters. The Balaban J connectivity index is 2.79. The van der Waals surface area contributed by atoms with E-state index in [0.717, 1.165) is 12.1 Å². The number of halogens is 1. The lowest BCUT2D eigenvalue weighted by atomic mass is 10.3. The van der Waals surface area contributed by atoms with Gasteiger partial charge in [-0.2, -0.15) is 0 Å². The van der Waals surface area contributed by atoms with Crippen molar-refractivity contribution in [3.8, 4) is 0 Å². The molecule has 0 spiro atoms. The molecule has 0 aliphatic heterocycles. The van der Waals surface area contributed by atoms with Gasteiger partial charge in [0, 0.05) is 23.8 Å². The van der Waals surface area contributed by atoms with E-state index in [1.807, 2.05) is 0 Å². The first-order chi connectivity index (χ1) is 6.27. The summed E-state index contributed by atoms with van der Waals surface area (Å²) in [7, 11) is 0. The maximum absolute atomic E-state index is 10.6. The molecule has 0 atom stereocenters. The van der Waals surface area contributed by atoms with Gasteiger partial charge in [0.25, 0.3) is 0 Å². The number of nitrogens with zero attached hydrogens (tertiary/aromatic N) is 1. The summed E-state index contributed by atoms with van der Waals surface area (Å²) in [6, 6.07) is 7.05. The average molecular weight is 199 g/mol. The highest BCUT2D eigenvalue weighted by Gasteiger charge is 2.02. The Morgan fingerprint density at radius 2 is 2.00 bits per heavy atom. The standard InChI is InChI=1S/C9H11ClN2O/c10-8-1-3-9(4-2-8)12(7-13)6-5-11/h1-4,7H,5-6,11H2. The highest BCUT2D eigenvalue weighted by molar-refractivity contribution is 6.30. The number of hydrogen-bond acceptors (Lipinski definition) is 2. The van der Waals surface area contributed by atoms with Crippen LogP contribution in [0, 0.1) is 0 Å². The molecule has 0 saturated carbocycles. The van der Waals surface area contributed by atoms with Gasteiger partial charge in [0.2, 0.25) is 6.41 Å². The lowest BCUT2D eigenvalue weighted by Gasteiger charge is -2.15. The van der Waals surface area contributed by atoms with Gasteiger partial charge in [-0.05, 0) is 24.3 Å². The van der Waals surface area contributed by atoms with E-state index in [2.05, 4.69) is 0 Å². The van der Waals surface area contributed by atoms with Crippen LogP contribution in [0.25, 0.3) is 0 Å². The highest BCUT2D eigenvalue weighted by atomic mass is 35.5. The van der Waals surface area contributed by atoms with Gasteiger partial charge in [0.1, 0.15) is 0 Å². The minimum Gasteiger partial charge on any atom is -0.329 e. The van der Waals surface area contributed by atoms with Crippen LogP contribution < -0.4 is 10.6 Å². The van der Waals surface area contributed by atoms with Crippen LogP contribution in [0.4, 0.5) is 5.69 Å². The number of rotatable bonds is 4. The minimum atomic E-state index is 0.446. The van der Waals surface area contributed by atoms with E-state index in [1.54, 1.807) is 24.3 Å². The van der Waals surface area contributed by atoms with Crippen molar-refractivity contribution in [3.63, 3.8) is 0 Å². The summed E-state index contributed by atoms with van der Waals surface area (Å²) in [5.74, 6) is 0. The topological polar surface area (TPSA) is 46.3 Å². The van der Waals surface area contributed by atoms with Gasteiger partial charge in [-0.15, -0.1) is 0 Å². The Hall–Kier alpha value is -1.06. The lowest BCUT2D eigenvalue weighted by molar-refractivity contribution is -0.107. The minimum absolute atomic E-state index is 0.446. The maximum atomic E-state index is 10.6. The van der Waals surface area contributed by atoms with Gasteiger partial charge in [0.15, 0.2) is 0 Å². The van der Waals surface area contributed by atoms with Crippen molar-refractivity contribution in [2.24, 2.45) is 5.73 Å². The molecule has 0 aliphatic rings. The summed E-state index contributed by atoms with van der Waals surface area (Å²) in [6.07, 6.45) is 0.760. The fraction of sp³-hybridized carbons (Fsp3) is 0.222. The first-order valence-electron chi connectivity index (χ1n) is 3.95. The molecular weight excluding hydrogens is 188 g/mol. The number of benzene rings is 1. The van der Waals surface area contributed by atoms with Gasteiger partial charge in [-0.1, -0.05) is 11.6 Å². The van der Waals surface area contributed by atoms with Crippen LogP contribution in [0.2, 0.25) is 5.02 Å². The van der Waals surface area contributed by atoms with Gasteiger partial charge >= 0.3 is 0 Å². The summed E-state index contributed by atoms with van der Waals surface area (Å²) in [6.45, 7) is 0.965. The molecule has 0 heterocycles. The molecule has 0 aromatic heterocycles. The van der Waals surface area contributed by atoms with E-state index >= 15 is 0 Å². The Labute approximate surface area is 82.1 Å². The first kappa shape index (κ1) is 10.0. The third-order valence-corrected chi connectivity index (χ3v) is 1.91. The van der Waals surface area contributed by atoms with Crippen molar-refractivity contribution in [1.29, 1.82) is 0 Å². The first-order valence-corrected chi connectivity index (χ1v) is 4.33. The van der Waals surface area contributed by atoms with Crippen LogP contribution in [-0.4, -0.2) is 19.5 Å². The van der Waals surface area contributed by atoms with Crippen LogP contribution in [0.5, 0.6) is 0 Å². The summed E-state index contributed by atoms with van der Waals surface area (Å²) < 4.78 is 0. The zero-order valence-electron chi connectivity index (χ0n) is 7.11. The molecule has 3 nitrogen and oxygen atoms in total. The Morgan fingerprint density at radius 3 is 2.46 bits per heavy atom. The van der Waals surface area contributed by atoms with Crippen LogP contribution in [0.1, 0.15) is 0 Å². The van der Waals surface area contributed by atoms with Crippen LogP contribution >= 0.6 is 11.6 Å². The van der Waals surface area contributed by atoms with Gasteiger partial charge in [0.05, 0.1) is 0 Å². The molecule has 0 saturated heterocycles. The summed E-state index contributed by atoms with van der Waals surface area (Å²) in [5, 5.41) is 0.655. The van der Waals surface area contributed by atoms with E-state index in [1.165, 1.54) is 4.90 Å². The van der Waals surface area contributed by atoms with E-state index in [-0.39, 0.29) is 0 Å². The molecule has 0 fully saturated rings. The predicted octanol–water partition coefficient (Wildman–Crippen LogP) is 1.26. The van der Waals surface area contributed by atoms with Crippen LogP contribution in [-0.2, 0) is 4.79 Å². The average Bonchev–Trinajstić information content (AvgIpc) is 2.16. The molecule has 1 amide bonds. The molecule has 0 radical (unpaired) electrons. The second kappa shape index (κ2) is 4.84. The predicted molar refractivity (Wildman–Crippen MR) is 53.9 cm³/mol. The van der Waals surface area contributed by atoms with Crippen molar-refractivity contribution in [2.75, 3.05) is 18.0 Å². The molecule has 13 heavy (non-hydrogen) atoms. The van der Waals surface area contributed by atoms with Crippen molar-refractivity contribution in [2.45, 2.75) is 0 Å². The zero-order valence-corrected chi connectivity index (χ0v) is 7.87. The fourth-order valence-electron chi connectivity index (χ4n) is 1.01. The molecule has 70 valence electrons. The zero-order chi connectivity index (χ0) is 9.68. The molecule has 0 aliphatic carbocycles. The summed E-state index contributed by atoms with van der Waals surface area (Å²) >= 11 is 5.71. The van der Waals surface area contributed by atoms with E-state index in [0.29, 0.717) is 18.1 Å². The number of amides is 1. The maximum Gasteiger partial charge on any atom is 0.214 e. The van der Waals surface area contributed by atoms with Gasteiger partial charge < -0.3 is 10.6 Å². The lowest BCUT2D eigenvalue weighted by Crippen LogP contribution is -2.27. The van der Waals surface area contributed by atoms with Gasteiger partial charge in [-0.25, -0.2) is 0 Å². The molecule has 1 rings (SSSR count). The summed E-state index contributed by atoms with van der Waals surface area (Å²) in [5.41, 5.74) is 6.16. The third-order valence-electron chi connectivity index (χ3n) is 1.66. The number of nitrogens with two attached hydrogens (primary N) is 1. The van der Waals surface area contributed by atoms with Crippen molar-refractivity contribution < 1.29 is 4.79 Å². The Morgan fingerprint density at radius 1 is 1.38 bits per heavy atom. The second-order valence-corrected chi connectivity index (χ2v) is 3.00. The molecule has 4 heteroatoms. The smallest absolute Gasteiger partial charge is 0.214 e. The van der Waals surface area contributed by atoms with Crippen LogP contribution in [0.3, 0.4) is 0 Å². The quantitative estimate of drug-likeness (QED) is 0.741. The van der Waals surface area contributed by atoms with E-state index in [4.69, 9.17) is 17.3 Å². The van der Waals surface area contributed by atoms with Crippen LogP contribution in [0.15, 0.2) is 24.3 Å². The molecule has 2 N–H and O–H groups in total. The van der Waals surface area contributed by atoms with Crippen molar-refractivity contribution in [1.82, 2.24) is 0 Å². The fourth-order valence-corrected chi connectivity index (χ4v) is 1.14. The second-order valence-electron chi connectivity index (χ2n) is 2.56. The molecule has 1 aromatic carbocycles. The Kier molecular flexibility index (Phi) is 3.73. The largest absolute Gasteiger partial charge is 0.329 e. The van der Waals surface area contributed by atoms with E-state index in [9.17, 15) is 4.79 Å². The monoisotopic (exact) mass is 198 g/mol. The summed E-state index contributed by atoms with van der Waals surface area (Å²) in [4.78, 5) is 12.2. The number of hydrogen-bond donors (Lipinski definition) is 1. The normalized spacial score (nSPS) is 9.69. The molecular formula is C9H11ClN2O. The van der Waals surface area contributed by atoms with Crippen molar-refractivity contribution in [3.05, 3.63) is 29.3 Å². The van der Waals surface area contributed by atoms with Crippen molar-refractivity contribution >= 4 is 23.7 Å². The number of anilines is 1. The van der Waals surface area contributed by atoms with E-state index < -0.39 is 0 Å². The highest BCUT2D eigenvalue weighted by Crippen LogP contribution is 2.16. The van der Waals surface area contributed by atoms with Gasteiger partial charge in [-0.3, -0.25) is 4.79 Å². The molecule has 1 aromatic rings. The third kappa shape index (κ3) is 2.72.